The molecule has 48 heavy (non-hydrogen) atoms. The van der Waals surface area contributed by atoms with Crippen LogP contribution in [0.4, 0.5) is 0 Å². The molecule has 0 fully saturated rings. The standard InChI is InChI=1S/C43H28N3OP/c47-48(30-15-3-1-4-16-30,31-17-5-2-6-18-31)32-19-13-14-29(26-32)45-39-24-11-9-21-34(39)37-27-36-33-20-7-8-22-35(33)43-44-38-23-10-12-25-40(38)46(43)42(36)28-41(37)45/h1-28H. The minimum atomic E-state index is -3.17. The van der Waals surface area contributed by atoms with Gasteiger partial charge in [-0.1, -0.05) is 127 Å². The Balaban J connectivity index is 1.32. The van der Waals surface area contributed by atoms with Crippen molar-refractivity contribution >= 4 is 83.2 Å². The average Bonchev–Trinajstić information content (AvgIpc) is 3.71. The van der Waals surface area contributed by atoms with Crippen molar-refractivity contribution in [3.8, 4) is 5.69 Å². The van der Waals surface area contributed by atoms with Gasteiger partial charge in [0.05, 0.1) is 27.6 Å². The third-order valence-corrected chi connectivity index (χ3v) is 12.8. The van der Waals surface area contributed by atoms with E-state index in [9.17, 15) is 0 Å². The van der Waals surface area contributed by atoms with Crippen LogP contribution in [-0.4, -0.2) is 14.0 Å². The highest BCUT2D eigenvalue weighted by atomic mass is 31.2. The predicted molar refractivity (Wildman–Crippen MR) is 201 cm³/mol. The lowest BCUT2D eigenvalue weighted by molar-refractivity contribution is 0.592. The molecule has 0 aliphatic heterocycles. The lowest BCUT2D eigenvalue weighted by Gasteiger charge is -2.21. The first-order valence-electron chi connectivity index (χ1n) is 16.2. The summed E-state index contributed by atoms with van der Waals surface area (Å²) >= 11 is 0. The molecule has 0 spiro atoms. The topological polar surface area (TPSA) is 39.3 Å². The number of hydrogen-bond acceptors (Lipinski definition) is 2. The van der Waals surface area contributed by atoms with Gasteiger partial charge in [0.15, 0.2) is 7.14 Å². The molecule has 0 atom stereocenters. The Bertz CT molecular complexity index is 2880. The summed E-state index contributed by atoms with van der Waals surface area (Å²) in [5.41, 5.74) is 7.27. The largest absolute Gasteiger partial charge is 0.309 e. The van der Waals surface area contributed by atoms with Crippen molar-refractivity contribution in [3.05, 3.63) is 170 Å². The quantitative estimate of drug-likeness (QED) is 0.143. The van der Waals surface area contributed by atoms with Crippen molar-refractivity contribution in [3.63, 3.8) is 0 Å². The Hall–Kier alpha value is -5.96. The number of imidazole rings is 1. The van der Waals surface area contributed by atoms with Gasteiger partial charge in [-0.15, -0.1) is 0 Å². The Morgan fingerprint density at radius 1 is 0.417 bits per heavy atom. The van der Waals surface area contributed by atoms with Crippen molar-refractivity contribution < 1.29 is 4.57 Å². The highest BCUT2D eigenvalue weighted by Crippen LogP contribution is 2.44. The van der Waals surface area contributed by atoms with E-state index in [4.69, 9.17) is 4.98 Å². The van der Waals surface area contributed by atoms with Crippen LogP contribution in [0, 0.1) is 0 Å². The number of nitrogens with zero attached hydrogens (tertiary/aromatic N) is 3. The van der Waals surface area contributed by atoms with E-state index in [0.29, 0.717) is 0 Å². The molecular weight excluding hydrogens is 605 g/mol. The van der Waals surface area contributed by atoms with E-state index >= 15 is 4.57 Å². The van der Waals surface area contributed by atoms with Crippen molar-refractivity contribution in [1.82, 2.24) is 14.0 Å². The SMILES string of the molecule is O=P(c1ccccc1)(c1ccccc1)c1cccc(-n2c3ccccc3c3cc4c5ccccc5c5nc6ccccc6n5c4cc32)c1. The Morgan fingerprint density at radius 3 is 1.75 bits per heavy atom. The fourth-order valence-electron chi connectivity index (χ4n) is 7.60. The molecule has 0 saturated carbocycles. The van der Waals surface area contributed by atoms with Crippen LogP contribution < -0.4 is 15.9 Å². The molecule has 0 amide bonds. The molecule has 3 heterocycles. The van der Waals surface area contributed by atoms with Gasteiger partial charge in [0.25, 0.3) is 0 Å². The van der Waals surface area contributed by atoms with Crippen LogP contribution in [0.3, 0.4) is 0 Å². The van der Waals surface area contributed by atoms with E-state index in [-0.39, 0.29) is 0 Å². The summed E-state index contributed by atoms with van der Waals surface area (Å²) in [4.78, 5) is 5.12. The number of hydrogen-bond donors (Lipinski definition) is 0. The molecule has 3 aromatic heterocycles. The van der Waals surface area contributed by atoms with E-state index in [1.54, 1.807) is 0 Å². The number of fused-ring (bicyclic) bond motifs is 11. The molecule has 0 radical (unpaired) electrons. The van der Waals surface area contributed by atoms with Gasteiger partial charge in [0.2, 0.25) is 0 Å². The number of pyridine rings is 1. The number of aromatic nitrogens is 3. The monoisotopic (exact) mass is 633 g/mol. The molecule has 0 unspecified atom stereocenters. The molecule has 4 nitrogen and oxygen atoms in total. The summed E-state index contributed by atoms with van der Waals surface area (Å²) in [5.74, 6) is 0. The first kappa shape index (κ1) is 27.2. The highest BCUT2D eigenvalue weighted by Gasteiger charge is 2.30. The number of para-hydroxylation sites is 3. The number of benzene rings is 7. The van der Waals surface area contributed by atoms with E-state index in [1.165, 1.54) is 21.5 Å². The van der Waals surface area contributed by atoms with Gasteiger partial charge in [0, 0.05) is 43.1 Å². The maximum Gasteiger partial charge on any atom is 0.171 e. The van der Waals surface area contributed by atoms with Crippen LogP contribution in [0.1, 0.15) is 0 Å². The predicted octanol–water partition coefficient (Wildman–Crippen LogP) is 9.53. The minimum Gasteiger partial charge on any atom is -0.309 e. The summed E-state index contributed by atoms with van der Waals surface area (Å²) in [6, 6.07) is 58.3. The van der Waals surface area contributed by atoms with Gasteiger partial charge in [-0.3, -0.25) is 4.40 Å². The van der Waals surface area contributed by atoms with Crippen LogP contribution in [0.15, 0.2) is 170 Å². The first-order chi connectivity index (χ1) is 23.7. The van der Waals surface area contributed by atoms with E-state index in [2.05, 4.69) is 100.0 Å². The number of rotatable bonds is 4. The van der Waals surface area contributed by atoms with E-state index in [0.717, 1.165) is 60.2 Å². The lowest BCUT2D eigenvalue weighted by atomic mass is 10.0. The smallest absolute Gasteiger partial charge is 0.171 e. The molecular formula is C43H28N3OP. The molecule has 7 aromatic carbocycles. The van der Waals surface area contributed by atoms with Crippen molar-refractivity contribution in [2.45, 2.75) is 0 Å². The van der Waals surface area contributed by atoms with Crippen molar-refractivity contribution in [1.29, 1.82) is 0 Å². The molecule has 226 valence electrons. The van der Waals surface area contributed by atoms with Gasteiger partial charge in [-0.2, -0.15) is 0 Å². The molecule has 0 N–H and O–H groups in total. The zero-order valence-electron chi connectivity index (χ0n) is 25.9. The zero-order chi connectivity index (χ0) is 31.8. The maximum atomic E-state index is 15.4. The zero-order valence-corrected chi connectivity index (χ0v) is 26.8. The Labute approximate surface area is 276 Å². The Kier molecular flexibility index (Phi) is 5.82. The van der Waals surface area contributed by atoms with Crippen LogP contribution in [0.2, 0.25) is 0 Å². The molecule has 10 rings (SSSR count). The van der Waals surface area contributed by atoms with Crippen LogP contribution in [0.25, 0.3) is 65.8 Å². The van der Waals surface area contributed by atoms with Gasteiger partial charge >= 0.3 is 0 Å². The van der Waals surface area contributed by atoms with Crippen molar-refractivity contribution in [2.75, 3.05) is 0 Å². The third kappa shape index (κ3) is 3.78. The summed E-state index contributed by atoms with van der Waals surface area (Å²) < 4.78 is 20.0. The lowest BCUT2D eigenvalue weighted by Crippen LogP contribution is -2.25. The summed E-state index contributed by atoms with van der Waals surface area (Å²) in [5, 5.41) is 8.30. The molecule has 0 bridgehead atoms. The fourth-order valence-corrected chi connectivity index (χ4v) is 10.3. The van der Waals surface area contributed by atoms with E-state index in [1.807, 2.05) is 78.9 Å². The second kappa shape index (κ2) is 10.3. The summed E-state index contributed by atoms with van der Waals surface area (Å²) in [6.07, 6.45) is 0. The Morgan fingerprint density at radius 2 is 1.00 bits per heavy atom. The molecule has 5 heteroatoms. The molecule has 10 aromatic rings. The highest BCUT2D eigenvalue weighted by molar-refractivity contribution is 7.85. The maximum absolute atomic E-state index is 15.4. The third-order valence-electron chi connectivity index (χ3n) is 9.74. The summed E-state index contributed by atoms with van der Waals surface area (Å²) in [6.45, 7) is 0. The van der Waals surface area contributed by atoms with Gasteiger partial charge in [-0.25, -0.2) is 4.98 Å². The van der Waals surface area contributed by atoms with Crippen molar-refractivity contribution in [2.24, 2.45) is 0 Å². The van der Waals surface area contributed by atoms with Crippen LogP contribution >= 0.6 is 7.14 Å². The average molecular weight is 634 g/mol. The molecule has 0 aliphatic carbocycles. The van der Waals surface area contributed by atoms with Gasteiger partial charge in [-0.05, 0) is 47.9 Å². The summed E-state index contributed by atoms with van der Waals surface area (Å²) in [7, 11) is -3.17. The molecule has 0 aliphatic rings. The minimum absolute atomic E-state index is 0.804. The normalized spacial score (nSPS) is 12.2. The second-order valence-corrected chi connectivity index (χ2v) is 15.1. The van der Waals surface area contributed by atoms with Crippen LogP contribution in [0.5, 0.6) is 0 Å². The van der Waals surface area contributed by atoms with Gasteiger partial charge < -0.3 is 9.13 Å². The van der Waals surface area contributed by atoms with Gasteiger partial charge in [0.1, 0.15) is 5.65 Å². The molecule has 0 saturated heterocycles. The van der Waals surface area contributed by atoms with Crippen LogP contribution in [-0.2, 0) is 4.57 Å². The second-order valence-electron chi connectivity index (χ2n) is 12.3. The first-order valence-corrected chi connectivity index (χ1v) is 17.9. The fraction of sp³-hybridized carbons (Fsp3) is 0. The van der Waals surface area contributed by atoms with E-state index < -0.39 is 7.14 Å².